The van der Waals surface area contributed by atoms with Crippen molar-refractivity contribution < 1.29 is 14.3 Å². The Morgan fingerprint density at radius 1 is 1.44 bits per heavy atom. The van der Waals surface area contributed by atoms with Crippen LogP contribution in [0.3, 0.4) is 0 Å². The lowest BCUT2D eigenvalue weighted by molar-refractivity contribution is -0.150. The van der Waals surface area contributed by atoms with Gasteiger partial charge in [-0.15, -0.1) is 0 Å². The van der Waals surface area contributed by atoms with Crippen molar-refractivity contribution in [2.75, 3.05) is 13.1 Å². The topological polar surface area (TPSA) is 49.3 Å². The van der Waals surface area contributed by atoms with E-state index in [1.165, 1.54) is 12.1 Å². The molecule has 0 radical (unpaired) electrons. The predicted octanol–water partition coefficient (Wildman–Crippen LogP) is 2.48. The van der Waals surface area contributed by atoms with E-state index in [0.717, 1.165) is 5.56 Å². The molecule has 1 saturated heterocycles. The Hall–Kier alpha value is -1.13. The summed E-state index contributed by atoms with van der Waals surface area (Å²) >= 11 is 5.72. The van der Waals surface area contributed by atoms with Gasteiger partial charge in [-0.3, -0.25) is 4.79 Å². The molecule has 98 valence electrons. The Kier molecular flexibility index (Phi) is 3.88. The van der Waals surface area contributed by atoms with Gasteiger partial charge in [-0.25, -0.2) is 4.39 Å². The molecule has 0 aromatic heterocycles. The Morgan fingerprint density at radius 2 is 2.11 bits per heavy atom. The first-order valence-electron chi connectivity index (χ1n) is 5.92. The number of benzene rings is 1. The number of carboxylic acids is 1. The highest BCUT2D eigenvalue weighted by molar-refractivity contribution is 6.30. The van der Waals surface area contributed by atoms with Crippen LogP contribution < -0.4 is 5.32 Å². The molecule has 2 N–H and O–H groups in total. The monoisotopic (exact) mass is 271 g/mol. The van der Waals surface area contributed by atoms with Gasteiger partial charge in [0, 0.05) is 0 Å². The van der Waals surface area contributed by atoms with E-state index in [0.29, 0.717) is 32.4 Å². The molecule has 1 fully saturated rings. The standard InChI is InChI=1S/C13H15ClFNO2/c14-10-7-9(1-2-11(10)15)8-13(12(17)18)3-5-16-6-4-13/h1-2,7,16H,3-6,8H2,(H,17,18). The predicted molar refractivity (Wildman–Crippen MR) is 67.3 cm³/mol. The van der Waals surface area contributed by atoms with Gasteiger partial charge in [-0.2, -0.15) is 0 Å². The SMILES string of the molecule is O=C(O)C1(Cc2ccc(F)c(Cl)c2)CCNCC1. The number of rotatable bonds is 3. The van der Waals surface area contributed by atoms with E-state index in [-0.39, 0.29) is 5.02 Å². The molecule has 3 nitrogen and oxygen atoms in total. The Labute approximate surface area is 110 Å². The van der Waals surface area contributed by atoms with E-state index < -0.39 is 17.2 Å². The molecule has 1 aromatic carbocycles. The smallest absolute Gasteiger partial charge is 0.310 e. The second kappa shape index (κ2) is 5.24. The van der Waals surface area contributed by atoms with Crippen molar-refractivity contribution >= 4 is 17.6 Å². The van der Waals surface area contributed by atoms with Gasteiger partial charge in [0.25, 0.3) is 0 Å². The van der Waals surface area contributed by atoms with Crippen LogP contribution in [0.4, 0.5) is 4.39 Å². The zero-order chi connectivity index (χ0) is 13.2. The summed E-state index contributed by atoms with van der Waals surface area (Å²) in [5.41, 5.74) is 0.0116. The van der Waals surface area contributed by atoms with E-state index in [4.69, 9.17) is 11.6 Å². The van der Waals surface area contributed by atoms with Crippen LogP contribution in [0.15, 0.2) is 18.2 Å². The lowest BCUT2D eigenvalue weighted by Gasteiger charge is -2.33. The fourth-order valence-electron chi connectivity index (χ4n) is 2.41. The number of piperidine rings is 1. The molecule has 0 saturated carbocycles. The summed E-state index contributed by atoms with van der Waals surface area (Å²) in [6.07, 6.45) is 1.55. The first kappa shape index (κ1) is 13.3. The van der Waals surface area contributed by atoms with Crippen LogP contribution in [0.25, 0.3) is 0 Å². The lowest BCUT2D eigenvalue weighted by Crippen LogP contribution is -2.43. The number of carboxylic acid groups (broad SMARTS) is 1. The molecule has 0 spiro atoms. The molecule has 1 aliphatic rings. The summed E-state index contributed by atoms with van der Waals surface area (Å²) in [5, 5.41) is 12.6. The molecule has 0 unspecified atom stereocenters. The highest BCUT2D eigenvalue weighted by Crippen LogP contribution is 2.34. The molecule has 1 aromatic rings. The average Bonchev–Trinajstić information content (AvgIpc) is 2.35. The maximum Gasteiger partial charge on any atom is 0.310 e. The summed E-state index contributed by atoms with van der Waals surface area (Å²) in [5.74, 6) is -1.26. The average molecular weight is 272 g/mol. The summed E-state index contributed by atoms with van der Waals surface area (Å²) in [6.45, 7) is 1.39. The zero-order valence-electron chi connectivity index (χ0n) is 9.88. The highest BCUT2D eigenvalue weighted by Gasteiger charge is 2.39. The van der Waals surface area contributed by atoms with Crippen molar-refractivity contribution in [2.24, 2.45) is 5.41 Å². The summed E-state index contributed by atoms with van der Waals surface area (Å²) in [4.78, 5) is 11.5. The Bertz CT molecular complexity index is 458. The van der Waals surface area contributed by atoms with Gasteiger partial charge in [0.05, 0.1) is 10.4 Å². The second-order valence-electron chi connectivity index (χ2n) is 4.76. The lowest BCUT2D eigenvalue weighted by atomic mass is 9.74. The molecule has 0 atom stereocenters. The quantitative estimate of drug-likeness (QED) is 0.888. The zero-order valence-corrected chi connectivity index (χ0v) is 10.6. The summed E-state index contributed by atoms with van der Waals surface area (Å²) in [7, 11) is 0. The van der Waals surface area contributed by atoms with Crippen molar-refractivity contribution in [3.05, 3.63) is 34.6 Å². The summed E-state index contributed by atoms with van der Waals surface area (Å²) in [6, 6.07) is 4.41. The second-order valence-corrected chi connectivity index (χ2v) is 5.17. The van der Waals surface area contributed by atoms with Crippen LogP contribution in [-0.4, -0.2) is 24.2 Å². The maximum absolute atomic E-state index is 13.1. The van der Waals surface area contributed by atoms with Gasteiger partial charge in [0.2, 0.25) is 0 Å². The van der Waals surface area contributed by atoms with Gasteiger partial charge in [-0.1, -0.05) is 17.7 Å². The fourth-order valence-corrected chi connectivity index (χ4v) is 2.62. The van der Waals surface area contributed by atoms with Crippen molar-refractivity contribution in [1.29, 1.82) is 0 Å². The van der Waals surface area contributed by atoms with Gasteiger partial charge < -0.3 is 10.4 Å². The number of carbonyl (C=O) groups is 1. The van der Waals surface area contributed by atoms with E-state index >= 15 is 0 Å². The third kappa shape index (κ3) is 2.65. The molecule has 0 bridgehead atoms. The molecular formula is C13H15ClFNO2. The van der Waals surface area contributed by atoms with Crippen LogP contribution in [0.5, 0.6) is 0 Å². The molecule has 0 aliphatic carbocycles. The molecule has 1 aliphatic heterocycles. The van der Waals surface area contributed by atoms with Gasteiger partial charge in [0.15, 0.2) is 0 Å². The first-order valence-corrected chi connectivity index (χ1v) is 6.29. The van der Waals surface area contributed by atoms with E-state index in [1.807, 2.05) is 0 Å². The van der Waals surface area contributed by atoms with Gasteiger partial charge in [0.1, 0.15) is 5.82 Å². The molecule has 1 heterocycles. The summed E-state index contributed by atoms with van der Waals surface area (Å²) < 4.78 is 13.1. The number of hydrogen-bond acceptors (Lipinski definition) is 2. The first-order chi connectivity index (χ1) is 8.53. The Morgan fingerprint density at radius 3 is 2.67 bits per heavy atom. The largest absolute Gasteiger partial charge is 0.481 e. The maximum atomic E-state index is 13.1. The highest BCUT2D eigenvalue weighted by atomic mass is 35.5. The van der Waals surface area contributed by atoms with Gasteiger partial charge >= 0.3 is 5.97 Å². The van der Waals surface area contributed by atoms with Crippen molar-refractivity contribution in [3.8, 4) is 0 Å². The number of aliphatic carboxylic acids is 1. The van der Waals surface area contributed by atoms with Crippen LogP contribution in [0, 0.1) is 11.2 Å². The van der Waals surface area contributed by atoms with Crippen LogP contribution in [0.1, 0.15) is 18.4 Å². The van der Waals surface area contributed by atoms with Crippen LogP contribution >= 0.6 is 11.6 Å². The number of halogens is 2. The van der Waals surface area contributed by atoms with E-state index in [2.05, 4.69) is 5.32 Å². The normalized spacial score (nSPS) is 18.6. The minimum atomic E-state index is -0.788. The van der Waals surface area contributed by atoms with E-state index in [9.17, 15) is 14.3 Å². The minimum absolute atomic E-state index is 0.0435. The molecule has 2 rings (SSSR count). The third-order valence-electron chi connectivity index (χ3n) is 3.54. The molecule has 18 heavy (non-hydrogen) atoms. The van der Waals surface area contributed by atoms with Crippen LogP contribution in [0.2, 0.25) is 5.02 Å². The van der Waals surface area contributed by atoms with Crippen molar-refractivity contribution in [2.45, 2.75) is 19.3 Å². The molecule has 0 amide bonds. The van der Waals surface area contributed by atoms with E-state index in [1.54, 1.807) is 6.07 Å². The molecular weight excluding hydrogens is 257 g/mol. The van der Waals surface area contributed by atoms with Crippen molar-refractivity contribution in [1.82, 2.24) is 5.32 Å². The van der Waals surface area contributed by atoms with Gasteiger partial charge in [-0.05, 0) is 50.0 Å². The Balaban J connectivity index is 2.23. The fraction of sp³-hybridized carbons (Fsp3) is 0.462. The van der Waals surface area contributed by atoms with Crippen molar-refractivity contribution in [3.63, 3.8) is 0 Å². The molecule has 5 heteroatoms. The number of nitrogens with one attached hydrogen (secondary N) is 1. The van der Waals surface area contributed by atoms with Crippen LogP contribution in [-0.2, 0) is 11.2 Å². The third-order valence-corrected chi connectivity index (χ3v) is 3.83. The number of hydrogen-bond donors (Lipinski definition) is 2. The minimum Gasteiger partial charge on any atom is -0.481 e.